The average molecular weight is 533 g/mol. The van der Waals surface area contributed by atoms with E-state index >= 15 is 0 Å². The summed E-state index contributed by atoms with van der Waals surface area (Å²) in [6.07, 6.45) is 5.63. The summed E-state index contributed by atoms with van der Waals surface area (Å²) in [6, 6.07) is 15.7. The van der Waals surface area contributed by atoms with Gasteiger partial charge < -0.3 is 15.4 Å². The van der Waals surface area contributed by atoms with Crippen LogP contribution in [0.25, 0.3) is 22.0 Å². The fraction of sp³-hybridized carbons (Fsp3) is 0.321. The second kappa shape index (κ2) is 11.4. The Labute approximate surface area is 223 Å². The van der Waals surface area contributed by atoms with E-state index in [2.05, 4.69) is 25.3 Å². The third-order valence-electron chi connectivity index (χ3n) is 6.69. The van der Waals surface area contributed by atoms with Gasteiger partial charge >= 0.3 is 0 Å². The van der Waals surface area contributed by atoms with Gasteiger partial charge in [-0.2, -0.15) is 0 Å². The second-order valence-corrected chi connectivity index (χ2v) is 11.5. The van der Waals surface area contributed by atoms with Crippen LogP contribution in [0.4, 0.5) is 5.95 Å². The SMILES string of the molecule is CCS(=O)(=O)NCc1cccc2c(Oc3ncccc3-c3ccnc(NC4CCCNC4)n3)c(C)ccc12. The normalized spacial score (nSPS) is 15.9. The molecule has 1 aliphatic rings. The van der Waals surface area contributed by atoms with Crippen molar-refractivity contribution < 1.29 is 13.2 Å². The fourth-order valence-corrected chi connectivity index (χ4v) is 5.16. The minimum Gasteiger partial charge on any atom is -0.437 e. The molecule has 1 unspecified atom stereocenters. The minimum atomic E-state index is -3.31. The van der Waals surface area contributed by atoms with E-state index < -0.39 is 10.0 Å². The molecule has 2 aromatic heterocycles. The van der Waals surface area contributed by atoms with Crippen LogP contribution >= 0.6 is 0 Å². The maximum Gasteiger partial charge on any atom is 0.228 e. The van der Waals surface area contributed by atoms with Crippen molar-refractivity contribution in [3.8, 4) is 22.9 Å². The molecular formula is C28H32N6O3S. The first-order valence-electron chi connectivity index (χ1n) is 12.9. The number of hydrogen-bond acceptors (Lipinski definition) is 8. The molecule has 0 bridgehead atoms. The number of pyridine rings is 1. The number of anilines is 1. The van der Waals surface area contributed by atoms with E-state index in [0.29, 0.717) is 23.3 Å². The van der Waals surface area contributed by atoms with Crippen LogP contribution in [0.1, 0.15) is 30.9 Å². The van der Waals surface area contributed by atoms with E-state index in [1.807, 2.05) is 55.5 Å². The molecule has 3 N–H and O–H groups in total. The van der Waals surface area contributed by atoms with Crippen LogP contribution in [0.3, 0.4) is 0 Å². The molecule has 5 rings (SSSR count). The number of rotatable bonds is 9. The average Bonchev–Trinajstić information content (AvgIpc) is 2.94. The van der Waals surface area contributed by atoms with Crippen LogP contribution < -0.4 is 20.1 Å². The highest BCUT2D eigenvalue weighted by Gasteiger charge is 2.18. The molecule has 3 heterocycles. The van der Waals surface area contributed by atoms with Gasteiger partial charge in [-0.25, -0.2) is 28.1 Å². The Balaban J connectivity index is 1.46. The predicted octanol–water partition coefficient (Wildman–Crippen LogP) is 4.40. The molecule has 1 saturated heterocycles. The number of aryl methyl sites for hydroxylation is 1. The highest BCUT2D eigenvalue weighted by molar-refractivity contribution is 7.89. The van der Waals surface area contributed by atoms with Crippen molar-refractivity contribution in [2.24, 2.45) is 0 Å². The van der Waals surface area contributed by atoms with Gasteiger partial charge in [0, 0.05) is 36.9 Å². The highest BCUT2D eigenvalue weighted by atomic mass is 32.2. The monoisotopic (exact) mass is 532 g/mol. The van der Waals surface area contributed by atoms with Crippen molar-refractivity contribution >= 4 is 26.7 Å². The molecule has 1 fully saturated rings. The van der Waals surface area contributed by atoms with E-state index in [1.165, 1.54) is 0 Å². The van der Waals surface area contributed by atoms with Crippen LogP contribution in [0.15, 0.2) is 60.9 Å². The van der Waals surface area contributed by atoms with Gasteiger partial charge in [-0.3, -0.25) is 0 Å². The van der Waals surface area contributed by atoms with Crippen molar-refractivity contribution in [2.45, 2.75) is 39.3 Å². The number of piperidine rings is 1. The van der Waals surface area contributed by atoms with Crippen LogP contribution in [0.5, 0.6) is 11.6 Å². The summed E-state index contributed by atoms with van der Waals surface area (Å²) < 4.78 is 33.2. The van der Waals surface area contributed by atoms with Gasteiger partial charge in [0.2, 0.25) is 21.9 Å². The molecule has 10 heteroatoms. The molecule has 4 aromatic rings. The van der Waals surface area contributed by atoms with Crippen LogP contribution in [-0.4, -0.2) is 48.3 Å². The number of benzene rings is 2. The standard InChI is InChI=1S/C28H32N6O3S/c1-3-38(35,36)32-17-20-7-4-9-23-22(20)12-11-19(2)26(23)37-27-24(10-6-15-30-27)25-13-16-31-28(34-25)33-21-8-5-14-29-18-21/h4,6-7,9-13,15-16,21,29,32H,3,5,8,14,17-18H2,1-2H3,(H,31,33,34). The Kier molecular flexibility index (Phi) is 7.82. The fourth-order valence-electron chi connectivity index (χ4n) is 4.58. The van der Waals surface area contributed by atoms with E-state index in [1.54, 1.807) is 19.3 Å². The first-order chi connectivity index (χ1) is 18.4. The molecule has 198 valence electrons. The van der Waals surface area contributed by atoms with Gasteiger partial charge in [0.15, 0.2) is 0 Å². The lowest BCUT2D eigenvalue weighted by Gasteiger charge is -2.23. The number of hydrogen-bond donors (Lipinski definition) is 3. The summed E-state index contributed by atoms with van der Waals surface area (Å²) in [6.45, 7) is 5.73. The summed E-state index contributed by atoms with van der Waals surface area (Å²) in [5.74, 6) is 1.71. The largest absolute Gasteiger partial charge is 0.437 e. The molecule has 38 heavy (non-hydrogen) atoms. The highest BCUT2D eigenvalue weighted by Crippen LogP contribution is 2.37. The topological polar surface area (TPSA) is 118 Å². The molecule has 0 spiro atoms. The third kappa shape index (κ3) is 5.93. The Morgan fingerprint density at radius 2 is 1.95 bits per heavy atom. The minimum absolute atomic E-state index is 0.0332. The first-order valence-corrected chi connectivity index (χ1v) is 14.5. The molecule has 1 atom stereocenters. The summed E-state index contributed by atoms with van der Waals surface area (Å²) >= 11 is 0. The molecule has 1 aliphatic heterocycles. The zero-order chi connectivity index (χ0) is 26.5. The summed E-state index contributed by atoms with van der Waals surface area (Å²) in [5.41, 5.74) is 3.27. The van der Waals surface area contributed by atoms with Gasteiger partial charge in [0.25, 0.3) is 0 Å². The van der Waals surface area contributed by atoms with E-state index in [0.717, 1.165) is 53.4 Å². The Hall–Kier alpha value is -3.60. The van der Waals surface area contributed by atoms with Crippen molar-refractivity contribution in [3.63, 3.8) is 0 Å². The quantitative estimate of drug-likeness (QED) is 0.290. The zero-order valence-electron chi connectivity index (χ0n) is 21.6. The number of nitrogens with zero attached hydrogens (tertiary/aromatic N) is 3. The first kappa shape index (κ1) is 26.0. The van der Waals surface area contributed by atoms with Crippen molar-refractivity contribution in [3.05, 3.63) is 72.1 Å². The zero-order valence-corrected chi connectivity index (χ0v) is 22.4. The second-order valence-electron chi connectivity index (χ2n) is 9.36. The van der Waals surface area contributed by atoms with Gasteiger partial charge in [-0.05, 0) is 67.9 Å². The van der Waals surface area contributed by atoms with E-state index in [9.17, 15) is 8.42 Å². The molecule has 2 aromatic carbocycles. The van der Waals surface area contributed by atoms with E-state index in [4.69, 9.17) is 9.72 Å². The van der Waals surface area contributed by atoms with E-state index in [-0.39, 0.29) is 18.3 Å². The molecule has 0 aliphatic carbocycles. The van der Waals surface area contributed by atoms with Crippen molar-refractivity contribution in [1.29, 1.82) is 0 Å². The number of nitrogens with one attached hydrogen (secondary N) is 3. The Bertz CT molecular complexity index is 1540. The van der Waals surface area contributed by atoms with Gasteiger partial charge in [-0.15, -0.1) is 0 Å². The summed E-state index contributed by atoms with van der Waals surface area (Å²) in [4.78, 5) is 13.7. The summed E-state index contributed by atoms with van der Waals surface area (Å²) in [5, 5.41) is 8.62. The number of ether oxygens (including phenoxy) is 1. The number of aromatic nitrogens is 3. The van der Waals surface area contributed by atoms with Crippen LogP contribution in [-0.2, 0) is 16.6 Å². The van der Waals surface area contributed by atoms with Crippen molar-refractivity contribution in [1.82, 2.24) is 25.0 Å². The van der Waals surface area contributed by atoms with Crippen molar-refractivity contribution in [2.75, 3.05) is 24.2 Å². The van der Waals surface area contributed by atoms with Gasteiger partial charge in [0.1, 0.15) is 5.75 Å². The number of fused-ring (bicyclic) bond motifs is 1. The maximum absolute atomic E-state index is 12.0. The van der Waals surface area contributed by atoms with Gasteiger partial charge in [-0.1, -0.05) is 30.3 Å². The predicted molar refractivity (Wildman–Crippen MR) is 150 cm³/mol. The molecule has 9 nitrogen and oxygen atoms in total. The summed E-state index contributed by atoms with van der Waals surface area (Å²) in [7, 11) is -3.31. The Morgan fingerprint density at radius 3 is 2.76 bits per heavy atom. The van der Waals surface area contributed by atoms with Gasteiger partial charge in [0.05, 0.1) is 17.0 Å². The lowest BCUT2D eigenvalue weighted by Crippen LogP contribution is -2.38. The maximum atomic E-state index is 12.0. The van der Waals surface area contributed by atoms with Crippen LogP contribution in [0.2, 0.25) is 0 Å². The van der Waals surface area contributed by atoms with Crippen LogP contribution in [0, 0.1) is 6.92 Å². The smallest absolute Gasteiger partial charge is 0.228 e. The lowest BCUT2D eigenvalue weighted by atomic mass is 10.0. The molecule has 0 radical (unpaired) electrons. The molecule has 0 amide bonds. The lowest BCUT2D eigenvalue weighted by molar-refractivity contribution is 0.466. The third-order valence-corrected chi connectivity index (χ3v) is 8.04. The Morgan fingerprint density at radius 1 is 1.05 bits per heavy atom. The molecule has 0 saturated carbocycles. The molecular weight excluding hydrogens is 500 g/mol. The number of sulfonamides is 1.